The van der Waals surface area contributed by atoms with E-state index in [1.807, 2.05) is 36.5 Å². The van der Waals surface area contributed by atoms with Gasteiger partial charge in [-0.2, -0.15) is 4.52 Å². The highest BCUT2D eigenvalue weighted by molar-refractivity contribution is 5.60. The molecule has 0 amide bonds. The summed E-state index contributed by atoms with van der Waals surface area (Å²) in [6.45, 7) is 3.18. The number of aromatic nitrogens is 5. The topological polar surface area (TPSA) is 89.7 Å². The fourth-order valence-electron chi connectivity index (χ4n) is 4.87. The van der Waals surface area contributed by atoms with Crippen molar-refractivity contribution in [3.63, 3.8) is 0 Å². The van der Waals surface area contributed by atoms with Crippen molar-refractivity contribution in [2.75, 3.05) is 26.1 Å². The lowest BCUT2D eigenvalue weighted by Crippen LogP contribution is -2.30. The number of anilines is 1. The highest BCUT2D eigenvalue weighted by Gasteiger charge is 2.20. The van der Waals surface area contributed by atoms with Crippen molar-refractivity contribution < 1.29 is 9.47 Å². The third-order valence-electron chi connectivity index (χ3n) is 6.86. The molecule has 0 atom stereocenters. The van der Waals surface area contributed by atoms with Crippen LogP contribution in [0.25, 0.3) is 17.0 Å². The molecule has 0 saturated heterocycles. The van der Waals surface area contributed by atoms with E-state index in [0.29, 0.717) is 29.8 Å². The first-order valence-electron chi connectivity index (χ1n) is 12.6. The van der Waals surface area contributed by atoms with E-state index in [0.717, 1.165) is 48.4 Å². The molecule has 1 N–H and O–H groups in total. The van der Waals surface area contributed by atoms with Gasteiger partial charge in [-0.05, 0) is 47.4 Å². The summed E-state index contributed by atoms with van der Waals surface area (Å²) in [5, 5.41) is 8.25. The summed E-state index contributed by atoms with van der Waals surface area (Å²) in [5.74, 6) is 2.61. The van der Waals surface area contributed by atoms with Crippen molar-refractivity contribution in [2.45, 2.75) is 26.1 Å². The quantitative estimate of drug-likeness (QED) is 0.331. The number of pyridine rings is 1. The van der Waals surface area contributed by atoms with E-state index in [-0.39, 0.29) is 0 Å². The highest BCUT2D eigenvalue weighted by atomic mass is 16.5. The Hall–Kier alpha value is -4.50. The molecule has 6 rings (SSSR count). The number of methoxy groups -OCH3 is 2. The van der Waals surface area contributed by atoms with Crippen molar-refractivity contribution in [2.24, 2.45) is 0 Å². The van der Waals surface area contributed by atoms with Crippen molar-refractivity contribution in [3.05, 3.63) is 95.4 Å². The molecule has 2 aromatic carbocycles. The van der Waals surface area contributed by atoms with Crippen LogP contribution in [-0.4, -0.2) is 50.2 Å². The molecule has 0 radical (unpaired) electrons. The molecule has 3 aromatic heterocycles. The third kappa shape index (κ3) is 4.76. The smallest absolute Gasteiger partial charge is 0.226 e. The Morgan fingerprint density at radius 2 is 1.82 bits per heavy atom. The Bertz CT molecular complexity index is 1570. The van der Waals surface area contributed by atoms with E-state index in [2.05, 4.69) is 39.5 Å². The minimum absolute atomic E-state index is 0.535. The first-order chi connectivity index (χ1) is 18.7. The van der Waals surface area contributed by atoms with Crippen molar-refractivity contribution in [1.29, 1.82) is 0 Å². The van der Waals surface area contributed by atoms with Crippen LogP contribution < -0.4 is 14.8 Å². The van der Waals surface area contributed by atoms with E-state index in [9.17, 15) is 0 Å². The molecule has 9 nitrogen and oxygen atoms in total. The van der Waals surface area contributed by atoms with Crippen molar-refractivity contribution in [3.8, 4) is 22.9 Å². The van der Waals surface area contributed by atoms with Gasteiger partial charge in [0.25, 0.3) is 0 Å². The Morgan fingerprint density at radius 3 is 2.63 bits per heavy atom. The van der Waals surface area contributed by atoms with Gasteiger partial charge in [0.15, 0.2) is 23.0 Å². The molecule has 0 spiro atoms. The number of hydrogen-bond donors (Lipinski definition) is 1. The lowest BCUT2D eigenvalue weighted by Gasteiger charge is -2.28. The van der Waals surface area contributed by atoms with Crippen LogP contribution in [0.3, 0.4) is 0 Å². The van der Waals surface area contributed by atoms with Gasteiger partial charge in [-0.3, -0.25) is 9.88 Å². The average Bonchev–Trinajstić information content (AvgIpc) is 3.43. The minimum Gasteiger partial charge on any atom is -0.493 e. The van der Waals surface area contributed by atoms with Gasteiger partial charge in [0.1, 0.15) is 0 Å². The summed E-state index contributed by atoms with van der Waals surface area (Å²) < 4.78 is 12.6. The van der Waals surface area contributed by atoms with E-state index in [1.54, 1.807) is 31.1 Å². The van der Waals surface area contributed by atoms with Gasteiger partial charge in [0.05, 0.1) is 14.2 Å². The largest absolute Gasteiger partial charge is 0.493 e. The second-order valence-corrected chi connectivity index (χ2v) is 9.29. The summed E-state index contributed by atoms with van der Waals surface area (Å²) in [4.78, 5) is 16.4. The number of benzene rings is 2. The molecule has 9 heteroatoms. The molecule has 0 aliphatic carbocycles. The molecule has 192 valence electrons. The maximum atomic E-state index is 5.45. The SMILES string of the molecule is COc1ccc(CNc2ncc(CN3CCc4ccccc4C3)c3nc(-c4cccnc4)nn23)cc1OC. The number of nitrogens with one attached hydrogen (secondary N) is 1. The van der Waals surface area contributed by atoms with Crippen LogP contribution in [0.15, 0.2) is 73.2 Å². The average molecular weight is 508 g/mol. The monoisotopic (exact) mass is 507 g/mol. The van der Waals surface area contributed by atoms with Crippen LogP contribution in [0.5, 0.6) is 11.5 Å². The first-order valence-corrected chi connectivity index (χ1v) is 12.6. The van der Waals surface area contributed by atoms with Crippen molar-refractivity contribution >= 4 is 11.6 Å². The van der Waals surface area contributed by atoms with Crippen LogP contribution >= 0.6 is 0 Å². The summed E-state index contributed by atoms with van der Waals surface area (Å²) >= 11 is 0. The summed E-state index contributed by atoms with van der Waals surface area (Å²) in [6, 6.07) is 18.4. The second-order valence-electron chi connectivity index (χ2n) is 9.29. The highest BCUT2D eigenvalue weighted by Crippen LogP contribution is 2.28. The lowest BCUT2D eigenvalue weighted by atomic mass is 10.00. The van der Waals surface area contributed by atoms with Gasteiger partial charge < -0.3 is 14.8 Å². The molecule has 0 unspecified atom stereocenters. The Kier molecular flexibility index (Phi) is 6.58. The lowest BCUT2D eigenvalue weighted by molar-refractivity contribution is 0.246. The van der Waals surface area contributed by atoms with Gasteiger partial charge in [-0.15, -0.1) is 5.10 Å². The minimum atomic E-state index is 0.535. The van der Waals surface area contributed by atoms with Gasteiger partial charge >= 0.3 is 0 Å². The van der Waals surface area contributed by atoms with Crippen LogP contribution in [-0.2, 0) is 26.1 Å². The number of hydrogen-bond acceptors (Lipinski definition) is 8. The fourth-order valence-corrected chi connectivity index (χ4v) is 4.87. The zero-order chi connectivity index (χ0) is 25.9. The van der Waals surface area contributed by atoms with Gasteiger partial charge in [0, 0.05) is 55.9 Å². The summed E-state index contributed by atoms with van der Waals surface area (Å²) in [7, 11) is 3.26. The molecular weight excluding hydrogens is 478 g/mol. The maximum absolute atomic E-state index is 5.45. The van der Waals surface area contributed by atoms with Crippen LogP contribution in [0.4, 0.5) is 5.95 Å². The maximum Gasteiger partial charge on any atom is 0.226 e. The van der Waals surface area contributed by atoms with E-state index < -0.39 is 0 Å². The van der Waals surface area contributed by atoms with Crippen LogP contribution in [0, 0.1) is 0 Å². The zero-order valence-corrected chi connectivity index (χ0v) is 21.5. The molecule has 1 aliphatic rings. The predicted molar refractivity (Wildman–Crippen MR) is 145 cm³/mol. The number of fused-ring (bicyclic) bond motifs is 2. The number of nitrogens with zero attached hydrogens (tertiary/aromatic N) is 6. The Morgan fingerprint density at radius 1 is 0.947 bits per heavy atom. The number of ether oxygens (including phenoxy) is 2. The zero-order valence-electron chi connectivity index (χ0n) is 21.5. The third-order valence-corrected chi connectivity index (χ3v) is 6.86. The molecule has 5 aromatic rings. The molecular formula is C29H29N7O2. The molecule has 0 bridgehead atoms. The van der Waals surface area contributed by atoms with E-state index in [1.165, 1.54) is 11.1 Å². The first kappa shape index (κ1) is 23.9. The van der Waals surface area contributed by atoms with E-state index in [4.69, 9.17) is 24.5 Å². The fraction of sp³-hybridized carbons (Fsp3) is 0.241. The van der Waals surface area contributed by atoms with Crippen molar-refractivity contribution in [1.82, 2.24) is 29.5 Å². The molecule has 0 saturated carbocycles. The normalized spacial score (nSPS) is 13.3. The summed E-state index contributed by atoms with van der Waals surface area (Å²) in [6.07, 6.45) is 6.48. The number of rotatable bonds is 8. The predicted octanol–water partition coefficient (Wildman–Crippen LogP) is 4.37. The van der Waals surface area contributed by atoms with Crippen LogP contribution in [0.1, 0.15) is 22.3 Å². The Balaban J connectivity index is 1.31. The second kappa shape index (κ2) is 10.5. The molecule has 0 fully saturated rings. The molecule has 4 heterocycles. The van der Waals surface area contributed by atoms with Gasteiger partial charge in [-0.1, -0.05) is 30.3 Å². The van der Waals surface area contributed by atoms with Gasteiger partial charge in [0.2, 0.25) is 5.95 Å². The van der Waals surface area contributed by atoms with Crippen LogP contribution in [0.2, 0.25) is 0 Å². The molecule has 1 aliphatic heterocycles. The Labute approximate surface area is 221 Å². The van der Waals surface area contributed by atoms with E-state index >= 15 is 0 Å². The standard InChI is InChI=1S/C29H29N7O2/c1-37-25-10-9-20(14-26(25)38-2)15-31-29-32-17-24(19-35-13-11-21-6-3-4-7-23(21)18-35)28-33-27(34-36(28)29)22-8-5-12-30-16-22/h3-10,12,14,16-17H,11,13,15,18-19H2,1-2H3,(H,31,32). The van der Waals surface area contributed by atoms with Gasteiger partial charge in [-0.25, -0.2) is 9.97 Å². The summed E-state index contributed by atoms with van der Waals surface area (Å²) in [5.41, 5.74) is 6.52. The molecule has 38 heavy (non-hydrogen) atoms.